The molecule has 3 aliphatic carbocycles. The first-order chi connectivity index (χ1) is 12.4. The largest absolute Gasteiger partial charge is 0.490 e. The summed E-state index contributed by atoms with van der Waals surface area (Å²) in [7, 11) is 0. The molecule has 4 heteroatoms. The summed E-state index contributed by atoms with van der Waals surface area (Å²) in [6, 6.07) is 8.64. The Morgan fingerprint density at radius 2 is 1.81 bits per heavy atom. The number of aliphatic hydroxyl groups is 1. The number of carbonyl (C=O) groups excluding carboxylic acids is 1. The van der Waals surface area contributed by atoms with Gasteiger partial charge in [-0.15, -0.1) is 0 Å². The Labute approximate surface area is 155 Å². The van der Waals surface area contributed by atoms with Crippen LogP contribution in [-0.4, -0.2) is 40.7 Å². The minimum Gasteiger partial charge on any atom is -0.490 e. The summed E-state index contributed by atoms with van der Waals surface area (Å²) in [5.41, 5.74) is 1.20. The van der Waals surface area contributed by atoms with Crippen molar-refractivity contribution in [2.45, 2.75) is 63.6 Å². The molecule has 1 amide bonds. The molecule has 0 aromatic heterocycles. The van der Waals surface area contributed by atoms with E-state index in [0.29, 0.717) is 24.4 Å². The Hall–Kier alpha value is -1.55. The van der Waals surface area contributed by atoms with Gasteiger partial charge in [-0.2, -0.15) is 0 Å². The predicted octanol–water partition coefficient (Wildman–Crippen LogP) is 3.17. The second kappa shape index (κ2) is 5.72. The normalized spacial score (nSPS) is 32.5. The Kier molecular flexibility index (Phi) is 3.66. The van der Waals surface area contributed by atoms with E-state index in [1.165, 1.54) is 31.2 Å². The number of nitrogens with zero attached hydrogens (tertiary/aromatic N) is 1. The summed E-state index contributed by atoms with van der Waals surface area (Å²) in [4.78, 5) is 14.4. The maximum absolute atomic E-state index is 12.4. The van der Waals surface area contributed by atoms with Crippen molar-refractivity contribution in [3.8, 4) is 5.75 Å². The lowest BCUT2D eigenvalue weighted by Crippen LogP contribution is -2.66. The van der Waals surface area contributed by atoms with E-state index in [0.717, 1.165) is 31.2 Å². The van der Waals surface area contributed by atoms with Gasteiger partial charge in [-0.25, -0.2) is 0 Å². The molecule has 1 aromatic carbocycles. The Bertz CT molecular complexity index is 685. The van der Waals surface area contributed by atoms with Gasteiger partial charge in [0.2, 0.25) is 5.91 Å². The smallest absolute Gasteiger partial charge is 0.225 e. The fourth-order valence-electron chi connectivity index (χ4n) is 5.34. The molecule has 1 saturated heterocycles. The SMILES string of the molecule is C[C@]1(O)C[C@@H](C(=O)N2CC3(CC(Cc4ccc(OC5CC5)cc4)C3)C2)C1. The van der Waals surface area contributed by atoms with Crippen molar-refractivity contribution < 1.29 is 14.6 Å². The fraction of sp³-hybridized carbons (Fsp3) is 0.682. The molecule has 140 valence electrons. The van der Waals surface area contributed by atoms with Gasteiger partial charge in [0, 0.05) is 24.4 Å². The molecule has 4 nitrogen and oxygen atoms in total. The van der Waals surface area contributed by atoms with Crippen LogP contribution in [0.5, 0.6) is 5.75 Å². The van der Waals surface area contributed by atoms with Crippen LogP contribution in [0, 0.1) is 17.3 Å². The van der Waals surface area contributed by atoms with E-state index in [9.17, 15) is 9.90 Å². The average molecular weight is 355 g/mol. The zero-order valence-corrected chi connectivity index (χ0v) is 15.6. The monoisotopic (exact) mass is 355 g/mol. The molecule has 26 heavy (non-hydrogen) atoms. The summed E-state index contributed by atoms with van der Waals surface area (Å²) in [6.45, 7) is 3.71. The molecular formula is C22H29NO3. The maximum atomic E-state index is 12.4. The van der Waals surface area contributed by atoms with Crippen LogP contribution >= 0.6 is 0 Å². The van der Waals surface area contributed by atoms with E-state index < -0.39 is 5.60 Å². The van der Waals surface area contributed by atoms with E-state index in [4.69, 9.17) is 4.74 Å². The predicted molar refractivity (Wildman–Crippen MR) is 98.9 cm³/mol. The summed E-state index contributed by atoms with van der Waals surface area (Å²) >= 11 is 0. The first kappa shape index (κ1) is 16.6. The highest BCUT2D eigenvalue weighted by molar-refractivity contribution is 5.81. The Morgan fingerprint density at radius 3 is 2.38 bits per heavy atom. The van der Waals surface area contributed by atoms with Crippen molar-refractivity contribution in [2.24, 2.45) is 17.3 Å². The average Bonchev–Trinajstić information content (AvgIpc) is 3.31. The van der Waals surface area contributed by atoms with Crippen molar-refractivity contribution in [1.29, 1.82) is 0 Å². The van der Waals surface area contributed by atoms with Crippen molar-refractivity contribution >= 4 is 5.91 Å². The van der Waals surface area contributed by atoms with E-state index >= 15 is 0 Å². The first-order valence-electron chi connectivity index (χ1n) is 10.2. The number of carbonyl (C=O) groups is 1. The summed E-state index contributed by atoms with van der Waals surface area (Å²) in [5, 5.41) is 9.82. The number of ether oxygens (including phenoxy) is 1. The van der Waals surface area contributed by atoms with Crippen LogP contribution in [-0.2, 0) is 11.2 Å². The molecule has 0 unspecified atom stereocenters. The molecule has 0 radical (unpaired) electrons. The first-order valence-corrected chi connectivity index (χ1v) is 10.2. The highest BCUT2D eigenvalue weighted by atomic mass is 16.5. The van der Waals surface area contributed by atoms with Crippen LogP contribution in [0.2, 0.25) is 0 Å². The highest BCUT2D eigenvalue weighted by Gasteiger charge is 2.55. The van der Waals surface area contributed by atoms with Crippen LogP contribution in [0.3, 0.4) is 0 Å². The number of hydrogen-bond donors (Lipinski definition) is 1. The van der Waals surface area contributed by atoms with Crippen molar-refractivity contribution in [2.75, 3.05) is 13.1 Å². The Balaban J connectivity index is 1.06. The lowest BCUT2D eigenvalue weighted by molar-refractivity contribution is -0.171. The second-order valence-electron chi connectivity index (χ2n) is 9.74. The third-order valence-corrected chi connectivity index (χ3v) is 6.80. The van der Waals surface area contributed by atoms with Crippen molar-refractivity contribution in [3.63, 3.8) is 0 Å². The minimum atomic E-state index is -0.607. The molecule has 1 N–H and O–H groups in total. The minimum absolute atomic E-state index is 0.0644. The number of hydrogen-bond acceptors (Lipinski definition) is 3. The van der Waals surface area contributed by atoms with Crippen LogP contribution in [0.4, 0.5) is 0 Å². The van der Waals surface area contributed by atoms with E-state index in [1.54, 1.807) is 0 Å². The molecule has 4 aliphatic rings. The van der Waals surface area contributed by atoms with Gasteiger partial charge in [-0.05, 0) is 75.5 Å². The number of benzene rings is 1. The van der Waals surface area contributed by atoms with E-state index in [-0.39, 0.29) is 11.8 Å². The van der Waals surface area contributed by atoms with Gasteiger partial charge in [0.1, 0.15) is 5.75 Å². The Morgan fingerprint density at radius 1 is 1.15 bits per heavy atom. The van der Waals surface area contributed by atoms with Crippen molar-refractivity contribution in [3.05, 3.63) is 29.8 Å². The van der Waals surface area contributed by atoms with E-state index in [2.05, 4.69) is 24.3 Å². The van der Waals surface area contributed by atoms with Gasteiger partial charge in [0.15, 0.2) is 0 Å². The van der Waals surface area contributed by atoms with Gasteiger partial charge in [0.25, 0.3) is 0 Å². The van der Waals surface area contributed by atoms with Gasteiger partial charge in [0.05, 0.1) is 11.7 Å². The van der Waals surface area contributed by atoms with Gasteiger partial charge < -0.3 is 14.7 Å². The summed E-state index contributed by atoms with van der Waals surface area (Å²) in [6.07, 6.45) is 7.78. The highest BCUT2D eigenvalue weighted by Crippen LogP contribution is 2.54. The number of rotatable bonds is 5. The van der Waals surface area contributed by atoms with Gasteiger partial charge >= 0.3 is 0 Å². The molecule has 4 fully saturated rings. The molecule has 1 aromatic rings. The molecule has 3 saturated carbocycles. The fourth-order valence-corrected chi connectivity index (χ4v) is 5.34. The zero-order chi connectivity index (χ0) is 17.9. The van der Waals surface area contributed by atoms with Crippen LogP contribution in [0.1, 0.15) is 51.0 Å². The lowest BCUT2D eigenvalue weighted by Gasteiger charge is -2.60. The molecule has 1 heterocycles. The topological polar surface area (TPSA) is 49.8 Å². The molecule has 5 rings (SSSR count). The summed E-state index contributed by atoms with van der Waals surface area (Å²) < 4.78 is 5.81. The molecular weight excluding hydrogens is 326 g/mol. The molecule has 1 aliphatic heterocycles. The zero-order valence-electron chi connectivity index (χ0n) is 15.6. The maximum Gasteiger partial charge on any atom is 0.225 e. The standard InChI is InChI=1S/C22H29NO3/c1-21(25)11-17(12-21)20(24)23-13-22(14-23)9-16(10-22)8-15-2-4-18(5-3-15)26-19-6-7-19/h2-5,16-17,19,25H,6-14H2,1H3/t17-,21+. The molecule has 1 spiro atoms. The number of likely N-dealkylation sites (tertiary alicyclic amines) is 1. The lowest BCUT2D eigenvalue weighted by atomic mass is 9.56. The van der Waals surface area contributed by atoms with Crippen molar-refractivity contribution in [1.82, 2.24) is 4.90 Å². The molecule has 0 bridgehead atoms. The van der Waals surface area contributed by atoms with Crippen LogP contribution < -0.4 is 4.74 Å². The quantitative estimate of drug-likeness (QED) is 0.883. The van der Waals surface area contributed by atoms with Crippen LogP contribution in [0.25, 0.3) is 0 Å². The third kappa shape index (κ3) is 3.13. The molecule has 0 atom stereocenters. The second-order valence-corrected chi connectivity index (χ2v) is 9.74. The van der Waals surface area contributed by atoms with Gasteiger partial charge in [-0.1, -0.05) is 12.1 Å². The van der Waals surface area contributed by atoms with E-state index in [1.807, 2.05) is 11.8 Å². The summed E-state index contributed by atoms with van der Waals surface area (Å²) in [5.74, 6) is 2.10. The number of amides is 1. The van der Waals surface area contributed by atoms with Gasteiger partial charge in [-0.3, -0.25) is 4.79 Å². The van der Waals surface area contributed by atoms with Crippen LogP contribution in [0.15, 0.2) is 24.3 Å². The third-order valence-electron chi connectivity index (χ3n) is 6.80.